The Bertz CT molecular complexity index is 666. The number of rotatable bonds is 3. The van der Waals surface area contributed by atoms with E-state index >= 15 is 0 Å². The minimum atomic E-state index is -4.49. The second-order valence-corrected chi connectivity index (χ2v) is 4.28. The van der Waals surface area contributed by atoms with Crippen LogP contribution in [0.1, 0.15) is 11.1 Å². The summed E-state index contributed by atoms with van der Waals surface area (Å²) in [7, 11) is 0. The molecule has 0 aliphatic carbocycles. The summed E-state index contributed by atoms with van der Waals surface area (Å²) in [5.74, 6) is -2.10. The van der Waals surface area contributed by atoms with Gasteiger partial charge in [0.2, 0.25) is 5.95 Å². The van der Waals surface area contributed by atoms with E-state index in [0.29, 0.717) is 0 Å². The summed E-state index contributed by atoms with van der Waals surface area (Å²) < 4.78 is 51.3. The van der Waals surface area contributed by atoms with Crippen molar-refractivity contribution in [3.05, 3.63) is 53.6 Å². The molecule has 0 amide bonds. The summed E-state index contributed by atoms with van der Waals surface area (Å²) in [6.07, 6.45) is -3.83. The summed E-state index contributed by atoms with van der Waals surface area (Å²) in [6.45, 7) is 0. The fourth-order valence-electron chi connectivity index (χ4n) is 1.91. The highest BCUT2D eigenvalue weighted by Gasteiger charge is 2.30. The molecular weight excluding hydrogens is 290 g/mol. The van der Waals surface area contributed by atoms with E-state index in [1.807, 2.05) is 0 Å². The lowest BCUT2D eigenvalue weighted by Gasteiger charge is -2.11. The van der Waals surface area contributed by atoms with Gasteiger partial charge in [0, 0.05) is 11.8 Å². The van der Waals surface area contributed by atoms with Gasteiger partial charge in [0.25, 0.3) is 0 Å². The Kier molecular flexibility index (Phi) is 3.93. The second kappa shape index (κ2) is 5.51. The molecule has 1 N–H and O–H groups in total. The largest absolute Gasteiger partial charge is 0.481 e. The van der Waals surface area contributed by atoms with E-state index in [-0.39, 0.29) is 16.7 Å². The van der Waals surface area contributed by atoms with Crippen molar-refractivity contribution >= 4 is 5.97 Å². The zero-order valence-corrected chi connectivity index (χ0v) is 10.5. The Morgan fingerprint density at radius 3 is 2.29 bits per heavy atom. The molecule has 0 aliphatic heterocycles. The normalized spacial score (nSPS) is 11.4. The highest BCUT2D eigenvalue weighted by molar-refractivity contribution is 5.76. The molecule has 0 atom stereocenters. The second-order valence-electron chi connectivity index (χ2n) is 4.28. The van der Waals surface area contributed by atoms with Gasteiger partial charge >= 0.3 is 12.1 Å². The fraction of sp³-hybridized carbons (Fsp3) is 0.143. The zero-order chi connectivity index (χ0) is 15.6. The predicted molar refractivity (Wildman–Crippen MR) is 66.0 cm³/mol. The van der Waals surface area contributed by atoms with Crippen LogP contribution in [0.3, 0.4) is 0 Å². The van der Waals surface area contributed by atoms with Gasteiger partial charge in [-0.2, -0.15) is 17.6 Å². The fourth-order valence-corrected chi connectivity index (χ4v) is 1.91. The van der Waals surface area contributed by atoms with Crippen molar-refractivity contribution in [2.45, 2.75) is 12.6 Å². The van der Waals surface area contributed by atoms with Crippen molar-refractivity contribution in [2.24, 2.45) is 0 Å². The molecule has 0 bridgehead atoms. The minimum Gasteiger partial charge on any atom is -0.481 e. The van der Waals surface area contributed by atoms with E-state index in [0.717, 1.165) is 30.5 Å². The number of benzene rings is 1. The van der Waals surface area contributed by atoms with Gasteiger partial charge in [0.05, 0.1) is 12.0 Å². The van der Waals surface area contributed by atoms with Crippen LogP contribution in [-0.4, -0.2) is 16.1 Å². The molecule has 0 unspecified atom stereocenters. The van der Waals surface area contributed by atoms with Gasteiger partial charge in [-0.1, -0.05) is 12.1 Å². The van der Waals surface area contributed by atoms with Crippen molar-refractivity contribution in [1.29, 1.82) is 0 Å². The lowest BCUT2D eigenvalue weighted by atomic mass is 9.98. The van der Waals surface area contributed by atoms with Crippen LogP contribution in [-0.2, 0) is 17.4 Å². The summed E-state index contributed by atoms with van der Waals surface area (Å²) in [4.78, 5) is 14.2. The van der Waals surface area contributed by atoms with Crippen molar-refractivity contribution in [1.82, 2.24) is 4.98 Å². The summed E-state index contributed by atoms with van der Waals surface area (Å²) >= 11 is 0. The van der Waals surface area contributed by atoms with Crippen molar-refractivity contribution in [2.75, 3.05) is 0 Å². The van der Waals surface area contributed by atoms with E-state index < -0.39 is 30.1 Å². The van der Waals surface area contributed by atoms with Crippen LogP contribution < -0.4 is 0 Å². The Hall–Kier alpha value is -2.44. The SMILES string of the molecule is O=C(O)Cc1ccnc(F)c1-c1ccc(C(F)(F)F)cc1. The van der Waals surface area contributed by atoms with E-state index in [1.54, 1.807) is 0 Å². The van der Waals surface area contributed by atoms with E-state index in [4.69, 9.17) is 5.11 Å². The van der Waals surface area contributed by atoms with Crippen LogP contribution in [0.5, 0.6) is 0 Å². The Morgan fingerprint density at radius 2 is 1.76 bits per heavy atom. The molecule has 1 aromatic carbocycles. The van der Waals surface area contributed by atoms with Crippen molar-refractivity contribution in [3.8, 4) is 11.1 Å². The van der Waals surface area contributed by atoms with Crippen molar-refractivity contribution < 1.29 is 27.5 Å². The third-order valence-corrected chi connectivity index (χ3v) is 2.83. The monoisotopic (exact) mass is 299 g/mol. The summed E-state index contributed by atoms with van der Waals surface area (Å²) in [5.41, 5.74) is -0.677. The van der Waals surface area contributed by atoms with Gasteiger partial charge in [0.1, 0.15) is 0 Å². The molecule has 0 spiro atoms. The number of alkyl halides is 3. The van der Waals surface area contributed by atoms with Crippen molar-refractivity contribution in [3.63, 3.8) is 0 Å². The maximum Gasteiger partial charge on any atom is 0.416 e. The first-order chi connectivity index (χ1) is 9.79. The predicted octanol–water partition coefficient (Wildman–Crippen LogP) is 3.53. The Balaban J connectivity index is 2.49. The average Bonchev–Trinajstić information content (AvgIpc) is 2.37. The lowest BCUT2D eigenvalue weighted by molar-refractivity contribution is -0.138. The van der Waals surface area contributed by atoms with Gasteiger partial charge in [-0.05, 0) is 29.3 Å². The lowest BCUT2D eigenvalue weighted by Crippen LogP contribution is -2.06. The molecule has 3 nitrogen and oxygen atoms in total. The topological polar surface area (TPSA) is 50.2 Å². The number of pyridine rings is 1. The van der Waals surface area contributed by atoms with E-state index in [1.165, 1.54) is 6.07 Å². The van der Waals surface area contributed by atoms with Crippen LogP contribution in [0.25, 0.3) is 11.1 Å². The van der Waals surface area contributed by atoms with Crippen LogP contribution in [0.2, 0.25) is 0 Å². The minimum absolute atomic E-state index is 0.103. The van der Waals surface area contributed by atoms with Gasteiger partial charge in [0.15, 0.2) is 0 Å². The number of carboxylic acids is 1. The molecule has 0 saturated carbocycles. The molecule has 2 aromatic rings. The number of carboxylic acid groups (broad SMARTS) is 1. The number of carbonyl (C=O) groups is 1. The first kappa shape index (κ1) is 15.0. The molecule has 1 aromatic heterocycles. The quantitative estimate of drug-likeness (QED) is 0.696. The standard InChI is InChI=1S/C14H9F4NO2/c15-13-12(9(5-6-19-13)7-11(20)21)8-1-3-10(4-2-8)14(16,17)18/h1-6H,7H2,(H,20,21). The molecule has 2 rings (SSSR count). The molecule has 0 saturated heterocycles. The highest BCUT2D eigenvalue weighted by Crippen LogP contribution is 2.32. The zero-order valence-electron chi connectivity index (χ0n) is 10.5. The first-order valence-electron chi connectivity index (χ1n) is 5.82. The molecule has 7 heteroatoms. The third-order valence-electron chi connectivity index (χ3n) is 2.83. The third kappa shape index (κ3) is 3.36. The van der Waals surface area contributed by atoms with Gasteiger partial charge in [-0.3, -0.25) is 4.79 Å². The smallest absolute Gasteiger partial charge is 0.416 e. The van der Waals surface area contributed by atoms with Crippen LogP contribution >= 0.6 is 0 Å². The number of hydrogen-bond acceptors (Lipinski definition) is 2. The first-order valence-corrected chi connectivity index (χ1v) is 5.82. The van der Waals surface area contributed by atoms with Gasteiger partial charge in [-0.25, -0.2) is 4.98 Å². The number of hydrogen-bond donors (Lipinski definition) is 1. The maximum absolute atomic E-state index is 13.8. The van der Waals surface area contributed by atoms with Crippen LogP contribution in [0.4, 0.5) is 17.6 Å². The Labute approximate surface area is 116 Å². The Morgan fingerprint density at radius 1 is 1.14 bits per heavy atom. The number of halogens is 4. The molecule has 1 heterocycles. The summed E-state index contributed by atoms with van der Waals surface area (Å²) in [5, 5.41) is 8.79. The van der Waals surface area contributed by atoms with E-state index in [2.05, 4.69) is 4.98 Å². The highest BCUT2D eigenvalue weighted by atomic mass is 19.4. The number of aromatic nitrogens is 1. The number of aliphatic carboxylic acids is 1. The molecule has 21 heavy (non-hydrogen) atoms. The molecule has 110 valence electrons. The van der Waals surface area contributed by atoms with Gasteiger partial charge < -0.3 is 5.11 Å². The molecule has 0 fully saturated rings. The van der Waals surface area contributed by atoms with E-state index in [9.17, 15) is 22.4 Å². The molecule has 0 aliphatic rings. The van der Waals surface area contributed by atoms with Crippen LogP contribution in [0.15, 0.2) is 36.5 Å². The molecular formula is C14H9F4NO2. The van der Waals surface area contributed by atoms with Gasteiger partial charge in [-0.15, -0.1) is 0 Å². The maximum atomic E-state index is 13.8. The summed E-state index contributed by atoms with van der Waals surface area (Å²) in [6, 6.07) is 5.13. The molecule has 0 radical (unpaired) electrons. The average molecular weight is 299 g/mol. The number of nitrogens with zero attached hydrogens (tertiary/aromatic N) is 1. The van der Waals surface area contributed by atoms with Crippen LogP contribution in [0, 0.1) is 5.95 Å².